The number of carbonyl (C=O) groups excluding carboxylic acids is 3. The van der Waals surface area contributed by atoms with Gasteiger partial charge in [-0.1, -0.05) is 224 Å². The highest BCUT2D eigenvalue weighted by atomic mass is 16.6. The number of allylic oxidation sites excluding steroid dienone is 6. The lowest BCUT2D eigenvalue weighted by atomic mass is 10.1. The summed E-state index contributed by atoms with van der Waals surface area (Å²) >= 11 is 0. The zero-order valence-corrected chi connectivity index (χ0v) is 43.5. The van der Waals surface area contributed by atoms with Crippen molar-refractivity contribution in [1.82, 2.24) is 0 Å². The van der Waals surface area contributed by atoms with Gasteiger partial charge in [-0.05, 0) is 96.3 Å². The molecule has 0 spiro atoms. The van der Waals surface area contributed by atoms with Gasteiger partial charge in [-0.3, -0.25) is 14.4 Å². The van der Waals surface area contributed by atoms with E-state index >= 15 is 0 Å². The first-order valence-corrected chi connectivity index (χ1v) is 28.5. The van der Waals surface area contributed by atoms with Crippen molar-refractivity contribution in [3.8, 4) is 0 Å². The van der Waals surface area contributed by atoms with Crippen LogP contribution in [0.1, 0.15) is 303 Å². The van der Waals surface area contributed by atoms with E-state index in [1.54, 1.807) is 0 Å². The number of ether oxygens (including phenoxy) is 3. The third kappa shape index (κ3) is 52.5. The van der Waals surface area contributed by atoms with Crippen LogP contribution in [-0.2, 0) is 28.6 Å². The normalized spacial score (nSPS) is 12.2. The largest absolute Gasteiger partial charge is 0.462 e. The molecule has 0 aromatic rings. The minimum atomic E-state index is -0.780. The Bertz CT molecular complexity index is 1090. The van der Waals surface area contributed by atoms with E-state index in [4.69, 9.17) is 14.2 Å². The maximum absolute atomic E-state index is 12.8. The summed E-state index contributed by atoms with van der Waals surface area (Å²) in [5, 5.41) is 0. The highest BCUT2D eigenvalue weighted by molar-refractivity contribution is 5.71. The van der Waals surface area contributed by atoms with E-state index < -0.39 is 6.10 Å². The first-order chi connectivity index (χ1) is 32.0. The molecule has 0 saturated carbocycles. The van der Waals surface area contributed by atoms with Gasteiger partial charge in [0.25, 0.3) is 0 Å². The van der Waals surface area contributed by atoms with Crippen LogP contribution in [-0.4, -0.2) is 37.2 Å². The van der Waals surface area contributed by atoms with Crippen molar-refractivity contribution in [1.29, 1.82) is 0 Å². The molecule has 0 aliphatic carbocycles. The van der Waals surface area contributed by atoms with E-state index in [9.17, 15) is 14.4 Å². The van der Waals surface area contributed by atoms with Crippen molar-refractivity contribution in [3.05, 3.63) is 36.5 Å². The van der Waals surface area contributed by atoms with Crippen LogP contribution < -0.4 is 0 Å². The number of unbranched alkanes of at least 4 members (excludes halogenated alkanes) is 35. The molecule has 1 atom stereocenters. The number of hydrogen-bond acceptors (Lipinski definition) is 6. The van der Waals surface area contributed by atoms with Gasteiger partial charge in [0.1, 0.15) is 13.2 Å². The maximum atomic E-state index is 12.8. The van der Waals surface area contributed by atoms with E-state index in [0.29, 0.717) is 19.3 Å². The van der Waals surface area contributed by atoms with E-state index in [2.05, 4.69) is 57.2 Å². The fourth-order valence-corrected chi connectivity index (χ4v) is 8.25. The lowest BCUT2D eigenvalue weighted by molar-refractivity contribution is -0.167. The molecule has 0 radical (unpaired) electrons. The quantitative estimate of drug-likeness (QED) is 0.0262. The molecule has 6 heteroatoms. The van der Waals surface area contributed by atoms with Gasteiger partial charge in [0.15, 0.2) is 6.10 Å². The second-order valence-corrected chi connectivity index (χ2v) is 19.2. The van der Waals surface area contributed by atoms with Gasteiger partial charge in [-0.25, -0.2) is 0 Å². The van der Waals surface area contributed by atoms with Crippen LogP contribution in [0.25, 0.3) is 0 Å². The molecule has 6 nitrogen and oxygen atoms in total. The summed E-state index contributed by atoms with van der Waals surface area (Å²) in [6.45, 7) is 6.64. The molecule has 0 aliphatic rings. The predicted molar refractivity (Wildman–Crippen MR) is 279 cm³/mol. The molecule has 0 N–H and O–H groups in total. The van der Waals surface area contributed by atoms with E-state index in [-0.39, 0.29) is 31.1 Å². The van der Waals surface area contributed by atoms with Crippen LogP contribution in [0.2, 0.25) is 0 Å². The number of esters is 3. The first-order valence-electron chi connectivity index (χ1n) is 28.5. The Morgan fingerprint density at radius 2 is 0.508 bits per heavy atom. The Balaban J connectivity index is 4.38. The molecular formula is C59H108O6. The minimum Gasteiger partial charge on any atom is -0.462 e. The molecule has 65 heavy (non-hydrogen) atoms. The van der Waals surface area contributed by atoms with Crippen molar-refractivity contribution in [3.63, 3.8) is 0 Å². The third-order valence-corrected chi connectivity index (χ3v) is 12.6. The van der Waals surface area contributed by atoms with Crippen molar-refractivity contribution in [2.24, 2.45) is 0 Å². The molecule has 0 saturated heterocycles. The molecule has 1 unspecified atom stereocenters. The van der Waals surface area contributed by atoms with Gasteiger partial charge in [0, 0.05) is 19.3 Å². The minimum absolute atomic E-state index is 0.0783. The molecule has 0 rings (SSSR count). The Hall–Kier alpha value is -2.37. The average molecular weight is 914 g/mol. The van der Waals surface area contributed by atoms with Gasteiger partial charge >= 0.3 is 17.9 Å². The van der Waals surface area contributed by atoms with Crippen molar-refractivity contribution >= 4 is 17.9 Å². The predicted octanol–water partition coefficient (Wildman–Crippen LogP) is 18.9. The van der Waals surface area contributed by atoms with Crippen LogP contribution in [0.15, 0.2) is 36.5 Å². The molecular weight excluding hydrogens is 805 g/mol. The standard InChI is InChI=1S/C59H108O6/c1-4-7-10-13-16-19-22-25-28-29-32-34-37-40-43-46-49-52-58(61)64-55-56(65-59(62)53-50-47-44-41-38-35-31-27-24-21-18-15-12-9-6-3)54-63-57(60)51-48-45-42-39-36-33-30-26-23-20-17-14-11-8-5-2/h25-28,30-31,56H,4-24,29,32-55H2,1-3H3. The number of carbonyl (C=O) groups is 3. The summed E-state index contributed by atoms with van der Waals surface area (Å²) < 4.78 is 16.9. The average Bonchev–Trinajstić information content (AvgIpc) is 3.30. The van der Waals surface area contributed by atoms with Crippen LogP contribution in [0.4, 0.5) is 0 Å². The van der Waals surface area contributed by atoms with Crippen LogP contribution >= 0.6 is 0 Å². The highest BCUT2D eigenvalue weighted by Gasteiger charge is 2.19. The maximum Gasteiger partial charge on any atom is 0.306 e. The molecule has 0 fully saturated rings. The Morgan fingerprint density at radius 3 is 0.769 bits per heavy atom. The third-order valence-electron chi connectivity index (χ3n) is 12.6. The van der Waals surface area contributed by atoms with Gasteiger partial charge in [-0.15, -0.1) is 0 Å². The van der Waals surface area contributed by atoms with E-state index in [0.717, 1.165) is 70.6 Å². The second-order valence-electron chi connectivity index (χ2n) is 19.2. The van der Waals surface area contributed by atoms with Crippen molar-refractivity contribution < 1.29 is 28.6 Å². The number of hydrogen-bond donors (Lipinski definition) is 0. The van der Waals surface area contributed by atoms with Crippen molar-refractivity contribution in [2.45, 2.75) is 309 Å². The molecule has 0 aromatic carbocycles. The second kappa shape index (κ2) is 54.2. The van der Waals surface area contributed by atoms with Crippen LogP contribution in [0.5, 0.6) is 0 Å². The molecule has 0 heterocycles. The molecule has 0 aliphatic heterocycles. The molecule has 0 aromatic heterocycles. The zero-order valence-electron chi connectivity index (χ0n) is 43.5. The fourth-order valence-electron chi connectivity index (χ4n) is 8.25. The summed E-state index contributed by atoms with van der Waals surface area (Å²) in [5.41, 5.74) is 0. The summed E-state index contributed by atoms with van der Waals surface area (Å²) in [4.78, 5) is 38.1. The number of rotatable bonds is 52. The van der Waals surface area contributed by atoms with Crippen LogP contribution in [0.3, 0.4) is 0 Å². The highest BCUT2D eigenvalue weighted by Crippen LogP contribution is 2.15. The summed E-state index contributed by atoms with van der Waals surface area (Å²) in [7, 11) is 0. The molecule has 0 bridgehead atoms. The SMILES string of the molecule is CCCCCCCCC=CCCCCCCCCCC(=O)OCC(COC(=O)CCCCCCCC=CCCCCCCCC)OC(=O)CCCCCCCC=CCCCCCCCC. The monoisotopic (exact) mass is 913 g/mol. The Labute approximate surface area is 404 Å². The Kier molecular flexibility index (Phi) is 52.3. The molecule has 0 amide bonds. The van der Waals surface area contributed by atoms with Crippen LogP contribution in [0, 0.1) is 0 Å². The van der Waals surface area contributed by atoms with Gasteiger partial charge < -0.3 is 14.2 Å². The summed E-state index contributed by atoms with van der Waals surface area (Å²) in [6.07, 6.45) is 64.1. The summed E-state index contributed by atoms with van der Waals surface area (Å²) in [6, 6.07) is 0. The van der Waals surface area contributed by atoms with E-state index in [1.807, 2.05) is 0 Å². The Morgan fingerprint density at radius 1 is 0.292 bits per heavy atom. The topological polar surface area (TPSA) is 78.9 Å². The smallest absolute Gasteiger partial charge is 0.306 e. The zero-order chi connectivity index (χ0) is 47.2. The lowest BCUT2D eigenvalue weighted by Gasteiger charge is -2.18. The van der Waals surface area contributed by atoms with Gasteiger partial charge in [0.2, 0.25) is 0 Å². The van der Waals surface area contributed by atoms with Gasteiger partial charge in [-0.2, -0.15) is 0 Å². The lowest BCUT2D eigenvalue weighted by Crippen LogP contribution is -2.30. The summed E-state index contributed by atoms with van der Waals surface area (Å²) in [5.74, 6) is -0.885. The van der Waals surface area contributed by atoms with E-state index in [1.165, 1.54) is 193 Å². The fraction of sp³-hybridized carbons (Fsp3) is 0.847. The first kappa shape index (κ1) is 62.6. The van der Waals surface area contributed by atoms with Gasteiger partial charge in [0.05, 0.1) is 0 Å². The van der Waals surface area contributed by atoms with Crippen molar-refractivity contribution in [2.75, 3.05) is 13.2 Å². The molecule has 380 valence electrons.